The Morgan fingerprint density at radius 2 is 1.53 bits per heavy atom. The third kappa shape index (κ3) is 4.30. The normalized spacial score (nSPS) is 13.5. The smallest absolute Gasteiger partial charge is 0.231 e. The van der Waals surface area contributed by atoms with E-state index in [2.05, 4.69) is 12.1 Å². The number of ketones is 1. The highest BCUT2D eigenvalue weighted by molar-refractivity contribution is 6.15. The molecule has 4 heteroatoms. The van der Waals surface area contributed by atoms with Crippen molar-refractivity contribution in [1.29, 1.82) is 0 Å². The molecule has 0 aliphatic carbocycles. The van der Waals surface area contributed by atoms with E-state index in [1.165, 1.54) is 0 Å². The van der Waals surface area contributed by atoms with Crippen LogP contribution in [-0.2, 0) is 6.61 Å². The number of hydrogen-bond donors (Lipinski definition) is 0. The molecule has 1 heterocycles. The maximum absolute atomic E-state index is 12.9. The fourth-order valence-electron chi connectivity index (χ4n) is 3.96. The van der Waals surface area contributed by atoms with Gasteiger partial charge in [-0.1, -0.05) is 66.7 Å². The molecule has 0 atom stereocenters. The Kier molecular flexibility index (Phi) is 5.88. The minimum Gasteiger partial charge on any atom is -0.497 e. The predicted molar refractivity (Wildman–Crippen MR) is 133 cm³/mol. The van der Waals surface area contributed by atoms with Crippen molar-refractivity contribution in [2.24, 2.45) is 0 Å². The van der Waals surface area contributed by atoms with E-state index in [0.717, 1.165) is 33.6 Å². The van der Waals surface area contributed by atoms with Crippen molar-refractivity contribution in [3.8, 4) is 28.4 Å². The highest BCUT2D eigenvalue weighted by Gasteiger charge is 2.30. The summed E-state index contributed by atoms with van der Waals surface area (Å²) >= 11 is 0. The van der Waals surface area contributed by atoms with Gasteiger partial charge in [0.1, 0.15) is 23.9 Å². The maximum atomic E-state index is 12.9. The summed E-state index contributed by atoms with van der Waals surface area (Å²) < 4.78 is 17.2. The second-order valence-corrected chi connectivity index (χ2v) is 8.13. The van der Waals surface area contributed by atoms with E-state index >= 15 is 0 Å². The zero-order chi connectivity index (χ0) is 23.5. The molecular formula is C30H24O4. The number of carbonyl (C=O) groups excluding carboxylic acids is 1. The highest BCUT2D eigenvalue weighted by Crippen LogP contribution is 2.39. The van der Waals surface area contributed by atoms with Gasteiger partial charge in [-0.25, -0.2) is 0 Å². The van der Waals surface area contributed by atoms with Gasteiger partial charge in [0, 0.05) is 5.56 Å². The average Bonchev–Trinajstić information content (AvgIpc) is 3.20. The molecule has 0 radical (unpaired) electrons. The summed E-state index contributed by atoms with van der Waals surface area (Å²) in [6.45, 7) is 2.32. The Morgan fingerprint density at radius 1 is 0.824 bits per heavy atom. The molecule has 1 aliphatic rings. The Morgan fingerprint density at radius 3 is 2.24 bits per heavy atom. The quantitative estimate of drug-likeness (QED) is 0.302. The van der Waals surface area contributed by atoms with Crippen molar-refractivity contribution in [2.45, 2.75) is 13.5 Å². The number of carbonyl (C=O) groups is 1. The first-order chi connectivity index (χ1) is 16.6. The van der Waals surface area contributed by atoms with Gasteiger partial charge in [-0.2, -0.15) is 0 Å². The van der Waals surface area contributed by atoms with Gasteiger partial charge in [0.05, 0.1) is 12.7 Å². The van der Waals surface area contributed by atoms with E-state index in [0.29, 0.717) is 29.4 Å². The molecule has 0 saturated carbocycles. The van der Waals surface area contributed by atoms with E-state index in [9.17, 15) is 4.79 Å². The number of rotatable bonds is 6. The molecule has 0 bridgehead atoms. The summed E-state index contributed by atoms with van der Waals surface area (Å²) in [5, 5.41) is 0. The molecule has 0 N–H and O–H groups in total. The fourth-order valence-corrected chi connectivity index (χ4v) is 3.96. The standard InChI is InChI=1S/C30H24O4/c1-20-27(33-19-22-10-14-25(32-2)15-11-22)17-16-26-29(31)28(34-30(20)26)18-21-8-12-24(13-9-21)23-6-4-3-5-7-23/h3-18H,19H2,1-2H3/b28-18-. The second kappa shape index (κ2) is 9.28. The summed E-state index contributed by atoms with van der Waals surface area (Å²) in [6.07, 6.45) is 1.79. The number of allylic oxidation sites excluding steroid dienone is 1. The number of hydrogen-bond acceptors (Lipinski definition) is 4. The van der Waals surface area contributed by atoms with E-state index in [1.807, 2.05) is 79.7 Å². The van der Waals surface area contributed by atoms with Crippen molar-refractivity contribution >= 4 is 11.9 Å². The molecule has 0 fully saturated rings. The molecule has 1 aliphatic heterocycles. The molecule has 5 rings (SSSR count). The molecule has 0 spiro atoms. The fraction of sp³-hybridized carbons (Fsp3) is 0.100. The van der Waals surface area contributed by atoms with Gasteiger partial charge >= 0.3 is 0 Å². The van der Waals surface area contributed by atoms with Gasteiger partial charge in [0.2, 0.25) is 5.78 Å². The Hall–Kier alpha value is -4.31. The number of ether oxygens (including phenoxy) is 3. The van der Waals surface area contributed by atoms with Crippen LogP contribution in [0.25, 0.3) is 17.2 Å². The molecule has 4 aromatic carbocycles. The summed E-state index contributed by atoms with van der Waals surface area (Å²) in [7, 11) is 1.64. The Bertz CT molecular complexity index is 1350. The van der Waals surface area contributed by atoms with Gasteiger partial charge < -0.3 is 14.2 Å². The predicted octanol–water partition coefficient (Wildman–Crippen LogP) is 6.87. The Labute approximate surface area is 199 Å². The van der Waals surface area contributed by atoms with E-state index < -0.39 is 0 Å². The maximum Gasteiger partial charge on any atom is 0.231 e. The van der Waals surface area contributed by atoms with Crippen LogP contribution in [0.5, 0.6) is 17.2 Å². The molecule has 4 aromatic rings. The number of methoxy groups -OCH3 is 1. The van der Waals surface area contributed by atoms with Crippen LogP contribution >= 0.6 is 0 Å². The van der Waals surface area contributed by atoms with Crippen LogP contribution in [0.4, 0.5) is 0 Å². The minimum absolute atomic E-state index is 0.119. The summed E-state index contributed by atoms with van der Waals surface area (Å²) in [5.41, 5.74) is 5.57. The van der Waals surface area contributed by atoms with E-state index in [-0.39, 0.29) is 5.78 Å². The largest absolute Gasteiger partial charge is 0.497 e. The lowest BCUT2D eigenvalue weighted by atomic mass is 10.0. The molecule has 0 aromatic heterocycles. The van der Waals surface area contributed by atoms with Gasteiger partial charge in [-0.3, -0.25) is 4.79 Å². The highest BCUT2D eigenvalue weighted by atomic mass is 16.5. The first-order valence-electron chi connectivity index (χ1n) is 11.1. The van der Waals surface area contributed by atoms with Crippen LogP contribution in [0.3, 0.4) is 0 Å². The molecular weight excluding hydrogens is 424 g/mol. The lowest BCUT2D eigenvalue weighted by Crippen LogP contribution is -1.98. The molecule has 0 unspecified atom stereocenters. The minimum atomic E-state index is -0.119. The Balaban J connectivity index is 1.32. The van der Waals surface area contributed by atoms with Crippen LogP contribution in [0.2, 0.25) is 0 Å². The van der Waals surface area contributed by atoms with Gasteiger partial charge in [-0.15, -0.1) is 0 Å². The first kappa shape index (κ1) is 21.5. The second-order valence-electron chi connectivity index (χ2n) is 8.13. The van der Waals surface area contributed by atoms with Crippen LogP contribution in [0.1, 0.15) is 27.0 Å². The third-order valence-corrected chi connectivity index (χ3v) is 5.91. The van der Waals surface area contributed by atoms with Gasteiger partial charge in [0.25, 0.3) is 0 Å². The molecule has 168 valence electrons. The summed E-state index contributed by atoms with van der Waals surface area (Å²) in [4.78, 5) is 12.9. The van der Waals surface area contributed by atoms with Crippen molar-refractivity contribution in [1.82, 2.24) is 0 Å². The van der Waals surface area contributed by atoms with Crippen LogP contribution < -0.4 is 14.2 Å². The number of fused-ring (bicyclic) bond motifs is 1. The van der Waals surface area contributed by atoms with Crippen LogP contribution in [0, 0.1) is 6.92 Å². The van der Waals surface area contributed by atoms with E-state index in [1.54, 1.807) is 19.3 Å². The van der Waals surface area contributed by atoms with Crippen molar-refractivity contribution < 1.29 is 19.0 Å². The first-order valence-corrected chi connectivity index (χ1v) is 11.1. The topological polar surface area (TPSA) is 44.8 Å². The lowest BCUT2D eigenvalue weighted by Gasteiger charge is -2.12. The summed E-state index contributed by atoms with van der Waals surface area (Å²) in [6, 6.07) is 29.6. The number of Topliss-reactive ketones (excluding diaryl/α,β-unsaturated/α-hetero) is 1. The molecule has 0 amide bonds. The monoisotopic (exact) mass is 448 g/mol. The van der Waals surface area contributed by atoms with Crippen molar-refractivity contribution in [3.05, 3.63) is 119 Å². The van der Waals surface area contributed by atoms with Crippen LogP contribution in [0.15, 0.2) is 96.8 Å². The van der Waals surface area contributed by atoms with E-state index in [4.69, 9.17) is 14.2 Å². The van der Waals surface area contributed by atoms with Crippen molar-refractivity contribution in [2.75, 3.05) is 7.11 Å². The number of benzene rings is 4. The van der Waals surface area contributed by atoms with Crippen LogP contribution in [-0.4, -0.2) is 12.9 Å². The SMILES string of the molecule is COc1ccc(COc2ccc3c(c2C)O/C(=C\c2ccc(-c4ccccc4)cc2)C3=O)cc1. The average molecular weight is 449 g/mol. The molecule has 0 saturated heterocycles. The molecule has 34 heavy (non-hydrogen) atoms. The van der Waals surface area contributed by atoms with Crippen molar-refractivity contribution in [3.63, 3.8) is 0 Å². The zero-order valence-corrected chi connectivity index (χ0v) is 19.1. The third-order valence-electron chi connectivity index (χ3n) is 5.91. The summed E-state index contributed by atoms with van der Waals surface area (Å²) in [5.74, 6) is 2.25. The molecule has 4 nitrogen and oxygen atoms in total. The zero-order valence-electron chi connectivity index (χ0n) is 19.1. The van der Waals surface area contributed by atoms with Gasteiger partial charge in [-0.05, 0) is 59.5 Å². The van der Waals surface area contributed by atoms with Gasteiger partial charge in [0.15, 0.2) is 5.76 Å². The lowest BCUT2D eigenvalue weighted by molar-refractivity contribution is 0.101.